The van der Waals surface area contributed by atoms with Crippen molar-refractivity contribution in [2.45, 2.75) is 24.9 Å². The lowest BCUT2D eigenvalue weighted by molar-refractivity contribution is -0.127. The molecule has 2 aromatic rings. The van der Waals surface area contributed by atoms with E-state index in [4.69, 9.17) is 0 Å². The smallest absolute Gasteiger partial charge is 0.223 e. The Balaban J connectivity index is 1.56. The molecule has 1 heterocycles. The van der Waals surface area contributed by atoms with Crippen molar-refractivity contribution in [3.8, 4) is 0 Å². The van der Waals surface area contributed by atoms with E-state index in [0.717, 1.165) is 12.1 Å². The molecule has 3 heteroatoms. The van der Waals surface area contributed by atoms with Gasteiger partial charge in [-0.3, -0.25) is 4.79 Å². The van der Waals surface area contributed by atoms with Crippen molar-refractivity contribution in [1.29, 1.82) is 0 Å². The highest BCUT2D eigenvalue weighted by molar-refractivity contribution is 5.79. The van der Waals surface area contributed by atoms with E-state index in [1.807, 2.05) is 53.4 Å². The summed E-state index contributed by atoms with van der Waals surface area (Å²) < 4.78 is 0. The minimum Gasteiger partial charge on any atom is -0.388 e. The van der Waals surface area contributed by atoms with E-state index in [1.54, 1.807) is 0 Å². The van der Waals surface area contributed by atoms with Crippen molar-refractivity contribution in [1.82, 2.24) is 4.90 Å². The Morgan fingerprint density at radius 1 is 1.05 bits per heavy atom. The Bertz CT molecular complexity index is 612. The molecule has 0 bridgehead atoms. The van der Waals surface area contributed by atoms with Gasteiger partial charge in [-0.2, -0.15) is 0 Å². The lowest BCUT2D eigenvalue weighted by Crippen LogP contribution is -2.27. The van der Waals surface area contributed by atoms with Crippen LogP contribution in [-0.4, -0.2) is 29.0 Å². The van der Waals surface area contributed by atoms with Gasteiger partial charge in [0, 0.05) is 25.4 Å². The molecule has 1 fully saturated rings. The van der Waals surface area contributed by atoms with Crippen LogP contribution in [-0.2, 0) is 4.79 Å². The first kappa shape index (κ1) is 14.8. The predicted molar refractivity (Wildman–Crippen MR) is 86.4 cm³/mol. The van der Waals surface area contributed by atoms with Crippen molar-refractivity contribution in [3.05, 3.63) is 71.8 Å². The van der Waals surface area contributed by atoms with Crippen LogP contribution in [0.25, 0.3) is 0 Å². The number of nitrogens with zero attached hydrogens (tertiary/aromatic N) is 1. The van der Waals surface area contributed by atoms with Crippen LogP contribution in [0.3, 0.4) is 0 Å². The molecule has 0 aliphatic carbocycles. The number of carbonyl (C=O) groups is 1. The van der Waals surface area contributed by atoms with Crippen LogP contribution in [0, 0.1) is 0 Å². The Kier molecular flexibility index (Phi) is 4.54. The molecule has 1 aliphatic rings. The molecule has 114 valence electrons. The first-order valence-electron chi connectivity index (χ1n) is 7.80. The maximum absolute atomic E-state index is 12.2. The number of likely N-dealkylation sites (tertiary alicyclic amines) is 1. The number of hydrogen-bond acceptors (Lipinski definition) is 2. The summed E-state index contributed by atoms with van der Waals surface area (Å²) in [5.41, 5.74) is 2.13. The Morgan fingerprint density at radius 2 is 1.68 bits per heavy atom. The summed E-state index contributed by atoms with van der Waals surface area (Å²) in [5.74, 6) is 0.469. The van der Waals surface area contributed by atoms with E-state index in [-0.39, 0.29) is 11.8 Å². The summed E-state index contributed by atoms with van der Waals surface area (Å²) in [4.78, 5) is 14.0. The van der Waals surface area contributed by atoms with Crippen LogP contribution >= 0.6 is 0 Å². The number of rotatable bonds is 5. The Hall–Kier alpha value is -2.13. The van der Waals surface area contributed by atoms with Crippen molar-refractivity contribution in [2.75, 3.05) is 13.1 Å². The van der Waals surface area contributed by atoms with E-state index in [9.17, 15) is 9.90 Å². The second-order valence-electron chi connectivity index (χ2n) is 5.87. The van der Waals surface area contributed by atoms with Gasteiger partial charge < -0.3 is 10.0 Å². The quantitative estimate of drug-likeness (QED) is 0.920. The summed E-state index contributed by atoms with van der Waals surface area (Å²) in [6.07, 6.45) is 0.646. The number of benzene rings is 2. The lowest BCUT2D eigenvalue weighted by atomic mass is 9.98. The highest BCUT2D eigenvalue weighted by Gasteiger charge is 2.30. The third-order valence-corrected chi connectivity index (χ3v) is 4.34. The van der Waals surface area contributed by atoms with Crippen molar-refractivity contribution in [3.63, 3.8) is 0 Å². The number of aliphatic hydroxyl groups excluding tert-OH is 1. The molecule has 1 saturated heterocycles. The van der Waals surface area contributed by atoms with Crippen LogP contribution in [0.4, 0.5) is 0 Å². The zero-order valence-corrected chi connectivity index (χ0v) is 12.6. The van der Waals surface area contributed by atoms with E-state index in [0.29, 0.717) is 19.4 Å². The number of amides is 1. The minimum atomic E-state index is -0.509. The first-order valence-corrected chi connectivity index (χ1v) is 7.80. The fourth-order valence-electron chi connectivity index (χ4n) is 3.06. The molecule has 3 nitrogen and oxygen atoms in total. The van der Waals surface area contributed by atoms with Gasteiger partial charge in [0.1, 0.15) is 0 Å². The van der Waals surface area contributed by atoms with Crippen molar-refractivity contribution in [2.24, 2.45) is 0 Å². The fourth-order valence-corrected chi connectivity index (χ4v) is 3.06. The van der Waals surface area contributed by atoms with Crippen molar-refractivity contribution >= 4 is 5.91 Å². The lowest BCUT2D eigenvalue weighted by Gasteiger charge is -2.19. The van der Waals surface area contributed by atoms with E-state index in [1.165, 1.54) is 5.56 Å². The van der Waals surface area contributed by atoms with Crippen LogP contribution in [0.15, 0.2) is 60.7 Å². The highest BCUT2D eigenvalue weighted by atomic mass is 16.3. The summed E-state index contributed by atoms with van der Waals surface area (Å²) in [7, 11) is 0. The van der Waals surface area contributed by atoms with Crippen LogP contribution in [0.1, 0.15) is 36.0 Å². The van der Waals surface area contributed by atoms with Gasteiger partial charge in [0.25, 0.3) is 0 Å². The second kappa shape index (κ2) is 6.75. The second-order valence-corrected chi connectivity index (χ2v) is 5.87. The molecule has 0 aromatic heterocycles. The fraction of sp³-hybridized carbons (Fsp3) is 0.316. The van der Waals surface area contributed by atoms with E-state index >= 15 is 0 Å². The molecular weight excluding hydrogens is 274 g/mol. The molecule has 1 amide bonds. The zero-order valence-electron chi connectivity index (χ0n) is 12.6. The molecule has 0 spiro atoms. The van der Waals surface area contributed by atoms with Gasteiger partial charge in [0.15, 0.2) is 0 Å². The first-order chi connectivity index (χ1) is 10.7. The minimum absolute atomic E-state index is 0.189. The Labute approximate surface area is 131 Å². The normalized spacial score (nSPS) is 19.4. The standard InChI is InChI=1S/C19H21NO2/c21-18(16-9-5-2-6-10-16)11-12-20-14-17(13-19(20)22)15-7-3-1-4-8-15/h1-10,17-18,21H,11-14H2/t17?,18-/m1/s1. The zero-order chi connectivity index (χ0) is 15.4. The van der Waals surface area contributed by atoms with Gasteiger partial charge in [-0.05, 0) is 17.5 Å². The van der Waals surface area contributed by atoms with Gasteiger partial charge in [0.05, 0.1) is 6.10 Å². The highest BCUT2D eigenvalue weighted by Crippen LogP contribution is 2.28. The monoisotopic (exact) mass is 295 g/mol. The molecule has 1 aliphatic heterocycles. The molecule has 3 rings (SSSR count). The predicted octanol–water partition coefficient (Wildman–Crippen LogP) is 3.13. The summed E-state index contributed by atoms with van der Waals surface area (Å²) in [6, 6.07) is 19.8. The molecule has 0 saturated carbocycles. The van der Waals surface area contributed by atoms with Crippen LogP contribution in [0.5, 0.6) is 0 Å². The Morgan fingerprint density at radius 3 is 2.36 bits per heavy atom. The van der Waals surface area contributed by atoms with Crippen LogP contribution in [0.2, 0.25) is 0 Å². The van der Waals surface area contributed by atoms with Gasteiger partial charge in [-0.25, -0.2) is 0 Å². The summed E-state index contributed by atoms with van der Waals surface area (Å²) in [6.45, 7) is 1.36. The average molecular weight is 295 g/mol. The number of hydrogen-bond donors (Lipinski definition) is 1. The summed E-state index contributed by atoms with van der Waals surface area (Å²) >= 11 is 0. The van der Waals surface area contributed by atoms with E-state index < -0.39 is 6.10 Å². The molecule has 2 atom stereocenters. The number of aliphatic hydroxyl groups is 1. The third-order valence-electron chi connectivity index (χ3n) is 4.34. The molecule has 0 radical (unpaired) electrons. The van der Waals surface area contributed by atoms with Crippen molar-refractivity contribution < 1.29 is 9.90 Å². The van der Waals surface area contributed by atoms with Gasteiger partial charge in [-0.1, -0.05) is 60.7 Å². The van der Waals surface area contributed by atoms with Gasteiger partial charge in [-0.15, -0.1) is 0 Å². The van der Waals surface area contributed by atoms with Gasteiger partial charge >= 0.3 is 0 Å². The molecule has 1 unspecified atom stereocenters. The largest absolute Gasteiger partial charge is 0.388 e. The van der Waals surface area contributed by atoms with E-state index in [2.05, 4.69) is 12.1 Å². The maximum Gasteiger partial charge on any atom is 0.223 e. The molecular formula is C19H21NO2. The molecule has 2 aromatic carbocycles. The van der Waals surface area contributed by atoms with Crippen LogP contribution < -0.4 is 0 Å². The summed E-state index contributed by atoms with van der Waals surface area (Å²) in [5, 5.41) is 10.2. The third kappa shape index (κ3) is 3.37. The van der Waals surface area contributed by atoms with Gasteiger partial charge in [0.2, 0.25) is 5.91 Å². The number of carbonyl (C=O) groups excluding carboxylic acids is 1. The maximum atomic E-state index is 12.2. The molecule has 22 heavy (non-hydrogen) atoms. The topological polar surface area (TPSA) is 40.5 Å². The molecule has 1 N–H and O–H groups in total. The SMILES string of the molecule is O=C1CC(c2ccccc2)CN1CC[C@@H](O)c1ccccc1. The average Bonchev–Trinajstić information content (AvgIpc) is 2.95.